The van der Waals surface area contributed by atoms with E-state index in [1.54, 1.807) is 14.2 Å². The fourth-order valence-corrected chi connectivity index (χ4v) is 4.59. The summed E-state index contributed by atoms with van der Waals surface area (Å²) in [5, 5.41) is 12.2. The SMILES string of the molecule is C=C[C@H]1CN2CCC1C[C@H]2[C@H](O)c1cc(OC)nc2ccc(OC)cc12. The number of fused-ring (bicyclic) bond motifs is 4. The normalized spacial score (nSPS) is 28.7. The monoisotopic (exact) mass is 354 g/mol. The van der Waals surface area contributed by atoms with Gasteiger partial charge < -0.3 is 14.6 Å². The maximum atomic E-state index is 11.3. The quantitative estimate of drug-likeness (QED) is 0.836. The van der Waals surface area contributed by atoms with E-state index in [9.17, 15) is 5.11 Å². The van der Waals surface area contributed by atoms with Crippen LogP contribution < -0.4 is 9.47 Å². The summed E-state index contributed by atoms with van der Waals surface area (Å²) in [6, 6.07) is 7.72. The molecule has 3 saturated heterocycles. The van der Waals surface area contributed by atoms with E-state index in [-0.39, 0.29) is 6.04 Å². The molecule has 2 bridgehead atoms. The van der Waals surface area contributed by atoms with Crippen molar-refractivity contribution in [3.8, 4) is 11.6 Å². The molecule has 2 unspecified atom stereocenters. The van der Waals surface area contributed by atoms with Crippen LogP contribution in [-0.4, -0.2) is 48.3 Å². The first kappa shape index (κ1) is 17.3. The van der Waals surface area contributed by atoms with Gasteiger partial charge in [-0.2, -0.15) is 0 Å². The van der Waals surface area contributed by atoms with Crippen molar-refractivity contribution in [3.05, 3.63) is 42.5 Å². The lowest BCUT2D eigenvalue weighted by Gasteiger charge is -2.50. The zero-order chi connectivity index (χ0) is 18.3. The van der Waals surface area contributed by atoms with Gasteiger partial charge in [-0.05, 0) is 55.0 Å². The summed E-state index contributed by atoms with van der Waals surface area (Å²) >= 11 is 0. The van der Waals surface area contributed by atoms with Gasteiger partial charge >= 0.3 is 0 Å². The van der Waals surface area contributed by atoms with E-state index in [0.717, 1.165) is 41.7 Å². The molecule has 0 aliphatic carbocycles. The predicted molar refractivity (Wildman–Crippen MR) is 102 cm³/mol. The van der Waals surface area contributed by atoms with Crippen LogP contribution in [0.15, 0.2) is 36.9 Å². The Kier molecular flexibility index (Phi) is 4.59. The van der Waals surface area contributed by atoms with Gasteiger partial charge in [-0.25, -0.2) is 4.98 Å². The van der Waals surface area contributed by atoms with Crippen LogP contribution in [0, 0.1) is 11.8 Å². The number of hydrogen-bond acceptors (Lipinski definition) is 5. The number of nitrogens with zero attached hydrogens (tertiary/aromatic N) is 2. The number of aliphatic hydroxyl groups excluding tert-OH is 1. The zero-order valence-electron chi connectivity index (χ0n) is 15.4. The maximum Gasteiger partial charge on any atom is 0.213 e. The third kappa shape index (κ3) is 2.85. The smallest absolute Gasteiger partial charge is 0.213 e. The Hall–Kier alpha value is -2.11. The van der Waals surface area contributed by atoms with Crippen LogP contribution in [0.3, 0.4) is 0 Å². The molecule has 5 rings (SSSR count). The van der Waals surface area contributed by atoms with Crippen LogP contribution >= 0.6 is 0 Å². The molecule has 5 heteroatoms. The molecule has 0 spiro atoms. The molecule has 138 valence electrons. The fraction of sp³-hybridized carbons (Fsp3) is 0.476. The molecule has 1 N–H and O–H groups in total. The minimum atomic E-state index is -0.588. The van der Waals surface area contributed by atoms with Crippen molar-refractivity contribution >= 4 is 10.9 Å². The van der Waals surface area contributed by atoms with Crippen LogP contribution in [0.25, 0.3) is 10.9 Å². The van der Waals surface area contributed by atoms with Crippen molar-refractivity contribution in [3.63, 3.8) is 0 Å². The lowest BCUT2D eigenvalue weighted by molar-refractivity contribution is -0.0445. The summed E-state index contributed by atoms with van der Waals surface area (Å²) in [4.78, 5) is 6.93. The molecule has 5 nitrogen and oxygen atoms in total. The highest BCUT2D eigenvalue weighted by molar-refractivity contribution is 5.84. The number of ether oxygens (including phenoxy) is 2. The van der Waals surface area contributed by atoms with Crippen molar-refractivity contribution in [2.24, 2.45) is 11.8 Å². The third-order valence-corrected chi connectivity index (χ3v) is 6.07. The molecular weight excluding hydrogens is 328 g/mol. The number of benzene rings is 1. The molecule has 5 atom stereocenters. The van der Waals surface area contributed by atoms with E-state index < -0.39 is 6.10 Å². The molecule has 1 aromatic carbocycles. The van der Waals surface area contributed by atoms with Crippen molar-refractivity contribution in [1.82, 2.24) is 9.88 Å². The summed E-state index contributed by atoms with van der Waals surface area (Å²) in [5.41, 5.74) is 1.66. The number of rotatable bonds is 5. The number of aliphatic hydroxyl groups is 1. The molecule has 0 amide bonds. The minimum absolute atomic E-state index is 0.117. The predicted octanol–water partition coefficient (Wildman–Crippen LogP) is 3.18. The maximum absolute atomic E-state index is 11.3. The highest BCUT2D eigenvalue weighted by Gasteiger charge is 2.42. The number of piperidine rings is 3. The molecule has 26 heavy (non-hydrogen) atoms. The molecule has 3 aliphatic heterocycles. The van der Waals surface area contributed by atoms with Crippen molar-refractivity contribution in [2.45, 2.75) is 25.0 Å². The van der Waals surface area contributed by atoms with Crippen LogP contribution in [0.2, 0.25) is 0 Å². The van der Waals surface area contributed by atoms with Crippen LogP contribution in [0.1, 0.15) is 24.5 Å². The largest absolute Gasteiger partial charge is 0.497 e. The number of aromatic nitrogens is 1. The van der Waals surface area contributed by atoms with Gasteiger partial charge in [0.2, 0.25) is 5.88 Å². The minimum Gasteiger partial charge on any atom is -0.497 e. The third-order valence-electron chi connectivity index (χ3n) is 6.07. The number of hydrogen-bond donors (Lipinski definition) is 1. The van der Waals surface area contributed by atoms with E-state index in [1.165, 1.54) is 6.42 Å². The Morgan fingerprint density at radius 1 is 1.31 bits per heavy atom. The van der Waals surface area contributed by atoms with E-state index in [4.69, 9.17) is 9.47 Å². The molecule has 0 radical (unpaired) electrons. The van der Waals surface area contributed by atoms with Gasteiger partial charge in [0.05, 0.1) is 25.8 Å². The number of pyridine rings is 1. The second-order valence-corrected chi connectivity index (χ2v) is 7.33. The Morgan fingerprint density at radius 3 is 2.81 bits per heavy atom. The molecule has 4 heterocycles. The van der Waals surface area contributed by atoms with E-state index in [0.29, 0.717) is 17.7 Å². The molecule has 2 aromatic rings. The van der Waals surface area contributed by atoms with Crippen molar-refractivity contribution in [2.75, 3.05) is 27.3 Å². The molecular formula is C21H26N2O3. The zero-order valence-corrected chi connectivity index (χ0v) is 15.4. The summed E-state index contributed by atoms with van der Waals surface area (Å²) in [6.45, 7) is 6.01. The van der Waals surface area contributed by atoms with Crippen LogP contribution in [0.4, 0.5) is 0 Å². The van der Waals surface area contributed by atoms with Gasteiger partial charge in [0.25, 0.3) is 0 Å². The summed E-state index contributed by atoms with van der Waals surface area (Å²) in [7, 11) is 3.25. The first-order valence-electron chi connectivity index (χ1n) is 9.22. The summed E-state index contributed by atoms with van der Waals surface area (Å²) in [6.07, 6.45) is 3.67. The van der Waals surface area contributed by atoms with Gasteiger partial charge in [0.1, 0.15) is 5.75 Å². The first-order chi connectivity index (χ1) is 12.6. The Balaban J connectivity index is 1.74. The topological polar surface area (TPSA) is 54.8 Å². The van der Waals surface area contributed by atoms with Gasteiger partial charge in [0.15, 0.2) is 0 Å². The lowest BCUT2D eigenvalue weighted by Crippen LogP contribution is -2.54. The van der Waals surface area contributed by atoms with E-state index >= 15 is 0 Å². The first-order valence-corrected chi connectivity index (χ1v) is 9.22. The molecule has 3 fully saturated rings. The fourth-order valence-electron chi connectivity index (χ4n) is 4.59. The average molecular weight is 354 g/mol. The van der Waals surface area contributed by atoms with Gasteiger partial charge in [-0.15, -0.1) is 6.58 Å². The highest BCUT2D eigenvalue weighted by Crippen LogP contribution is 2.42. The molecule has 3 aliphatic rings. The Morgan fingerprint density at radius 2 is 2.15 bits per heavy atom. The molecule has 0 saturated carbocycles. The highest BCUT2D eigenvalue weighted by atomic mass is 16.5. The van der Waals surface area contributed by atoms with Gasteiger partial charge in [0, 0.05) is 24.0 Å². The van der Waals surface area contributed by atoms with Crippen LogP contribution in [-0.2, 0) is 0 Å². The molecule has 1 aromatic heterocycles. The van der Waals surface area contributed by atoms with Crippen LogP contribution in [0.5, 0.6) is 11.6 Å². The summed E-state index contributed by atoms with van der Waals surface area (Å²) < 4.78 is 10.7. The second-order valence-electron chi connectivity index (χ2n) is 7.33. The number of methoxy groups -OCH3 is 2. The lowest BCUT2D eigenvalue weighted by atomic mass is 9.73. The van der Waals surface area contributed by atoms with E-state index in [2.05, 4.69) is 22.5 Å². The van der Waals surface area contributed by atoms with Gasteiger partial charge in [-0.3, -0.25) is 4.90 Å². The summed E-state index contributed by atoms with van der Waals surface area (Å²) in [5.74, 6) is 2.43. The van der Waals surface area contributed by atoms with Crippen molar-refractivity contribution in [1.29, 1.82) is 0 Å². The standard InChI is InChI=1S/C21H26N2O3/c1-4-13-12-23-8-7-14(13)9-19(23)21(24)17-11-20(26-3)22-18-6-5-15(25-2)10-16(17)18/h4-6,10-11,13-14,19,21,24H,1,7-9,12H2,2-3H3/t13-,14?,19-,21+/m0/s1. The Bertz CT molecular complexity index is 822. The van der Waals surface area contributed by atoms with Gasteiger partial charge in [-0.1, -0.05) is 6.08 Å². The van der Waals surface area contributed by atoms with E-state index in [1.807, 2.05) is 24.3 Å². The average Bonchev–Trinajstić information content (AvgIpc) is 2.72. The van der Waals surface area contributed by atoms with Crippen molar-refractivity contribution < 1.29 is 14.6 Å². The second kappa shape index (κ2) is 6.89. The Labute approximate surface area is 154 Å².